The third-order valence-electron chi connectivity index (χ3n) is 5.81. The number of Topliss-reactive ketones (excluding diaryl/α,β-unsaturated/α-hetero) is 1. The van der Waals surface area contributed by atoms with Gasteiger partial charge in [0.1, 0.15) is 0 Å². The molecule has 4 rings (SSSR count). The monoisotopic (exact) mass is 388 g/mol. The van der Waals surface area contributed by atoms with Crippen molar-refractivity contribution in [2.75, 3.05) is 26.2 Å². The van der Waals surface area contributed by atoms with Gasteiger partial charge >= 0.3 is 0 Å². The Morgan fingerprint density at radius 1 is 1.07 bits per heavy atom. The summed E-state index contributed by atoms with van der Waals surface area (Å²) in [7, 11) is 0. The van der Waals surface area contributed by atoms with Gasteiger partial charge in [0.2, 0.25) is 0 Å². The van der Waals surface area contributed by atoms with Gasteiger partial charge in [0, 0.05) is 24.0 Å². The van der Waals surface area contributed by atoms with E-state index in [1.54, 1.807) is 17.0 Å². The van der Waals surface area contributed by atoms with Crippen LogP contribution in [-0.4, -0.2) is 52.8 Å². The van der Waals surface area contributed by atoms with Gasteiger partial charge in [0.15, 0.2) is 11.5 Å². The van der Waals surface area contributed by atoms with Crippen LogP contribution in [0, 0.1) is 5.92 Å². The smallest absolute Gasteiger partial charge is 0.290 e. The number of halogens is 1. The van der Waals surface area contributed by atoms with Gasteiger partial charge in [-0.25, -0.2) is 0 Å². The number of aliphatic hydroxyl groups excluding tert-OH is 1. The van der Waals surface area contributed by atoms with Gasteiger partial charge in [-0.05, 0) is 56.5 Å². The van der Waals surface area contributed by atoms with Gasteiger partial charge in [-0.2, -0.15) is 0 Å². The van der Waals surface area contributed by atoms with Gasteiger partial charge in [-0.15, -0.1) is 0 Å². The first-order valence-corrected chi connectivity index (χ1v) is 10.2. The molecule has 1 amide bonds. The van der Waals surface area contributed by atoms with E-state index >= 15 is 0 Å². The zero-order valence-corrected chi connectivity index (χ0v) is 16.1. The molecule has 2 fully saturated rings. The summed E-state index contributed by atoms with van der Waals surface area (Å²) in [4.78, 5) is 29.7. The average molecular weight is 389 g/mol. The normalized spacial score (nSPS) is 24.0. The number of hydrogen-bond donors (Lipinski definition) is 1. The number of hydrogen-bond acceptors (Lipinski definition) is 4. The summed E-state index contributed by atoms with van der Waals surface area (Å²) in [5.74, 6) is -0.936. The molecule has 27 heavy (non-hydrogen) atoms. The summed E-state index contributed by atoms with van der Waals surface area (Å²) in [6.45, 7) is 3.34. The topological polar surface area (TPSA) is 60.9 Å². The summed E-state index contributed by atoms with van der Waals surface area (Å²) in [6, 6.07) is 6.69. The molecule has 1 atom stereocenters. The summed E-state index contributed by atoms with van der Waals surface area (Å²) in [5.41, 5.74) is 1.09. The van der Waals surface area contributed by atoms with Crippen molar-refractivity contribution in [3.63, 3.8) is 0 Å². The predicted octanol–water partition coefficient (Wildman–Crippen LogP) is 3.50. The molecule has 0 bridgehead atoms. The minimum absolute atomic E-state index is 0.0493. The van der Waals surface area contributed by atoms with Crippen LogP contribution in [0.3, 0.4) is 0 Å². The Morgan fingerprint density at radius 2 is 1.74 bits per heavy atom. The fraction of sp³-hybridized carbons (Fsp3) is 0.524. The van der Waals surface area contributed by atoms with Crippen molar-refractivity contribution in [1.29, 1.82) is 0 Å². The van der Waals surface area contributed by atoms with Crippen LogP contribution in [0.25, 0.3) is 0 Å². The number of rotatable bonds is 6. The van der Waals surface area contributed by atoms with Crippen molar-refractivity contribution in [2.45, 2.75) is 38.1 Å². The van der Waals surface area contributed by atoms with Gasteiger partial charge in [0.05, 0.1) is 11.6 Å². The van der Waals surface area contributed by atoms with E-state index in [1.807, 2.05) is 12.1 Å². The number of benzene rings is 1. The highest BCUT2D eigenvalue weighted by molar-refractivity contribution is 6.30. The summed E-state index contributed by atoms with van der Waals surface area (Å²) >= 11 is 6.02. The summed E-state index contributed by atoms with van der Waals surface area (Å²) in [5, 5.41) is 11.1. The lowest BCUT2D eigenvalue weighted by molar-refractivity contribution is -0.129. The van der Waals surface area contributed by atoms with Crippen LogP contribution in [-0.2, 0) is 9.59 Å². The lowest BCUT2D eigenvalue weighted by Crippen LogP contribution is -2.40. The number of carbonyl (C=O) groups excluding carboxylic acids is 2. The number of nitrogens with zero attached hydrogens (tertiary/aromatic N) is 2. The Kier molecular flexibility index (Phi) is 5.24. The van der Waals surface area contributed by atoms with E-state index in [4.69, 9.17) is 11.6 Å². The van der Waals surface area contributed by atoms with E-state index in [1.165, 1.54) is 19.3 Å². The van der Waals surface area contributed by atoms with E-state index in [9.17, 15) is 14.7 Å². The van der Waals surface area contributed by atoms with E-state index < -0.39 is 11.9 Å². The van der Waals surface area contributed by atoms with Gasteiger partial charge in [-0.3, -0.25) is 9.59 Å². The van der Waals surface area contributed by atoms with E-state index in [-0.39, 0.29) is 23.0 Å². The van der Waals surface area contributed by atoms with Gasteiger partial charge < -0.3 is 14.9 Å². The number of likely N-dealkylation sites (tertiary alicyclic amines) is 1. The third kappa shape index (κ3) is 3.76. The van der Waals surface area contributed by atoms with E-state index in [0.717, 1.165) is 38.0 Å². The zero-order valence-electron chi connectivity index (χ0n) is 15.4. The maximum absolute atomic E-state index is 12.8. The molecule has 2 aliphatic heterocycles. The second-order valence-corrected chi connectivity index (χ2v) is 8.19. The molecule has 5 nitrogen and oxygen atoms in total. The second kappa shape index (κ2) is 7.64. The highest BCUT2D eigenvalue weighted by Gasteiger charge is 2.46. The molecule has 0 spiro atoms. The fourth-order valence-electron chi connectivity index (χ4n) is 4.13. The minimum atomic E-state index is -0.521. The van der Waals surface area contributed by atoms with Crippen LogP contribution in [0.1, 0.15) is 43.7 Å². The Bertz CT molecular complexity index is 764. The van der Waals surface area contributed by atoms with Crippen LogP contribution in [0.5, 0.6) is 0 Å². The first-order chi connectivity index (χ1) is 13.1. The Morgan fingerprint density at radius 3 is 2.37 bits per heavy atom. The number of carbonyl (C=O) groups is 2. The van der Waals surface area contributed by atoms with Crippen molar-refractivity contribution in [2.24, 2.45) is 5.92 Å². The highest BCUT2D eigenvalue weighted by Crippen LogP contribution is 2.43. The fourth-order valence-corrected chi connectivity index (χ4v) is 4.25. The van der Waals surface area contributed by atoms with Gasteiger partial charge in [-0.1, -0.05) is 30.2 Å². The molecule has 1 saturated carbocycles. The van der Waals surface area contributed by atoms with Crippen molar-refractivity contribution in [3.8, 4) is 0 Å². The third-order valence-corrected chi connectivity index (χ3v) is 6.06. The molecule has 0 aromatic heterocycles. The molecule has 2 heterocycles. The standard InChI is InChI=1S/C21H25ClN2O3/c22-16-8-6-14(7-9-16)18-17(19(25)15-4-5-15)20(26)21(27)24(18)13-12-23-10-2-1-3-11-23/h6-9,15,18,26H,1-5,10-13H2. The van der Waals surface area contributed by atoms with Crippen LogP contribution in [0.4, 0.5) is 0 Å². The molecule has 1 unspecified atom stereocenters. The average Bonchev–Trinajstić information content (AvgIpc) is 3.50. The lowest BCUT2D eigenvalue weighted by Gasteiger charge is -2.31. The molecule has 1 saturated heterocycles. The predicted molar refractivity (Wildman–Crippen MR) is 104 cm³/mol. The molecule has 1 N–H and O–H groups in total. The zero-order chi connectivity index (χ0) is 19.0. The molecule has 1 aromatic carbocycles. The Hall–Kier alpha value is -1.85. The van der Waals surface area contributed by atoms with Crippen LogP contribution >= 0.6 is 11.6 Å². The Labute approximate surface area is 164 Å². The number of amides is 1. The SMILES string of the molecule is O=C(C1=C(O)C(=O)N(CCN2CCCCC2)C1c1ccc(Cl)cc1)C1CC1. The molecular weight excluding hydrogens is 364 g/mol. The van der Waals surface area contributed by atoms with Crippen molar-refractivity contribution in [3.05, 3.63) is 46.2 Å². The summed E-state index contributed by atoms with van der Waals surface area (Å²) in [6.07, 6.45) is 5.30. The molecule has 1 aromatic rings. The molecule has 6 heteroatoms. The molecule has 1 aliphatic carbocycles. The molecular formula is C21H25ClN2O3. The number of piperidine rings is 1. The molecule has 0 radical (unpaired) electrons. The number of aliphatic hydroxyl groups is 1. The maximum Gasteiger partial charge on any atom is 0.290 e. The molecule has 3 aliphatic rings. The molecule has 144 valence electrons. The highest BCUT2D eigenvalue weighted by atomic mass is 35.5. The Balaban J connectivity index is 1.61. The number of ketones is 1. The summed E-state index contributed by atoms with van der Waals surface area (Å²) < 4.78 is 0. The van der Waals surface area contributed by atoms with Crippen LogP contribution in [0.2, 0.25) is 5.02 Å². The van der Waals surface area contributed by atoms with Crippen LogP contribution in [0.15, 0.2) is 35.6 Å². The first kappa shape index (κ1) is 18.5. The lowest BCUT2D eigenvalue weighted by atomic mass is 9.94. The maximum atomic E-state index is 12.8. The second-order valence-electron chi connectivity index (χ2n) is 7.76. The van der Waals surface area contributed by atoms with E-state index in [0.29, 0.717) is 11.6 Å². The van der Waals surface area contributed by atoms with Crippen molar-refractivity contribution in [1.82, 2.24) is 9.80 Å². The van der Waals surface area contributed by atoms with Gasteiger partial charge in [0.25, 0.3) is 5.91 Å². The van der Waals surface area contributed by atoms with Crippen molar-refractivity contribution < 1.29 is 14.7 Å². The van der Waals surface area contributed by atoms with E-state index in [2.05, 4.69) is 4.90 Å². The minimum Gasteiger partial charge on any atom is -0.503 e. The van der Waals surface area contributed by atoms with Crippen LogP contribution < -0.4 is 0 Å². The van der Waals surface area contributed by atoms with Crippen molar-refractivity contribution >= 4 is 23.3 Å². The quantitative estimate of drug-likeness (QED) is 0.810. The largest absolute Gasteiger partial charge is 0.503 e. The first-order valence-electron chi connectivity index (χ1n) is 9.82.